The lowest BCUT2D eigenvalue weighted by molar-refractivity contribution is 0.592. The minimum atomic E-state index is 0.798. The molecule has 3 aromatic rings. The number of imidazole rings is 1. The average Bonchev–Trinajstić information content (AvgIpc) is 2.80. The van der Waals surface area contributed by atoms with Crippen molar-refractivity contribution in [2.24, 2.45) is 0 Å². The summed E-state index contributed by atoms with van der Waals surface area (Å²) in [5.74, 6) is 1.06. The lowest BCUT2D eigenvalue weighted by Crippen LogP contribution is -2.20. The Labute approximate surface area is 118 Å². The number of hydrogen-bond donors (Lipinski definition) is 1. The van der Waals surface area contributed by atoms with E-state index in [9.17, 15) is 0 Å². The monoisotopic (exact) mass is 266 g/mol. The Kier molecular flexibility index (Phi) is 3.74. The van der Waals surface area contributed by atoms with Crippen LogP contribution in [0.1, 0.15) is 11.5 Å². The van der Waals surface area contributed by atoms with Crippen molar-refractivity contribution in [3.8, 4) is 0 Å². The van der Waals surface area contributed by atoms with Gasteiger partial charge in [0.25, 0.3) is 0 Å². The Morgan fingerprint density at radius 3 is 2.80 bits per heavy atom. The SMILES string of the molecule is Cc1nc2ccccc2n1CCNCc1ccccn1. The Bertz CT molecular complexity index is 688. The number of hydrogen-bond acceptors (Lipinski definition) is 3. The van der Waals surface area contributed by atoms with E-state index in [1.807, 2.05) is 30.5 Å². The number of nitrogens with zero attached hydrogens (tertiary/aromatic N) is 3. The smallest absolute Gasteiger partial charge is 0.106 e. The molecule has 4 nitrogen and oxygen atoms in total. The van der Waals surface area contributed by atoms with E-state index in [1.165, 1.54) is 5.52 Å². The Balaban J connectivity index is 1.61. The molecule has 0 aliphatic carbocycles. The molecule has 0 atom stereocenters. The van der Waals surface area contributed by atoms with Gasteiger partial charge in [-0.2, -0.15) is 0 Å². The fourth-order valence-corrected chi connectivity index (χ4v) is 2.39. The molecule has 20 heavy (non-hydrogen) atoms. The van der Waals surface area contributed by atoms with E-state index < -0.39 is 0 Å². The van der Waals surface area contributed by atoms with Crippen molar-refractivity contribution in [2.45, 2.75) is 20.0 Å². The van der Waals surface area contributed by atoms with Gasteiger partial charge < -0.3 is 9.88 Å². The van der Waals surface area contributed by atoms with Crippen LogP contribution < -0.4 is 5.32 Å². The minimum Gasteiger partial charge on any atom is -0.327 e. The first-order valence-corrected chi connectivity index (χ1v) is 6.87. The number of benzene rings is 1. The summed E-state index contributed by atoms with van der Waals surface area (Å²) < 4.78 is 2.25. The summed E-state index contributed by atoms with van der Waals surface area (Å²) in [7, 11) is 0. The molecule has 0 amide bonds. The van der Waals surface area contributed by atoms with Crippen LogP contribution in [0.4, 0.5) is 0 Å². The van der Waals surface area contributed by atoms with Gasteiger partial charge in [0, 0.05) is 25.8 Å². The normalized spacial score (nSPS) is 11.1. The van der Waals surface area contributed by atoms with Crippen LogP contribution in [-0.4, -0.2) is 21.1 Å². The third-order valence-electron chi connectivity index (χ3n) is 3.39. The number of nitrogens with one attached hydrogen (secondary N) is 1. The van der Waals surface area contributed by atoms with Gasteiger partial charge in [-0.15, -0.1) is 0 Å². The van der Waals surface area contributed by atoms with E-state index >= 15 is 0 Å². The van der Waals surface area contributed by atoms with Gasteiger partial charge >= 0.3 is 0 Å². The van der Waals surface area contributed by atoms with Crippen molar-refractivity contribution in [3.05, 3.63) is 60.2 Å². The second-order valence-electron chi connectivity index (χ2n) is 4.80. The largest absolute Gasteiger partial charge is 0.327 e. The van der Waals surface area contributed by atoms with E-state index in [0.29, 0.717) is 0 Å². The van der Waals surface area contributed by atoms with E-state index in [1.54, 1.807) is 0 Å². The summed E-state index contributed by atoms with van der Waals surface area (Å²) in [6, 6.07) is 14.2. The molecule has 0 unspecified atom stereocenters. The zero-order chi connectivity index (χ0) is 13.8. The summed E-state index contributed by atoms with van der Waals surface area (Å²) in [6.45, 7) is 4.67. The molecule has 4 heteroatoms. The van der Waals surface area contributed by atoms with Crippen LogP contribution in [0.2, 0.25) is 0 Å². The van der Waals surface area contributed by atoms with Gasteiger partial charge in [0.2, 0.25) is 0 Å². The summed E-state index contributed by atoms with van der Waals surface area (Å²) >= 11 is 0. The first kappa shape index (κ1) is 12.8. The van der Waals surface area contributed by atoms with Gasteiger partial charge in [-0.05, 0) is 31.2 Å². The number of fused-ring (bicyclic) bond motifs is 1. The highest BCUT2D eigenvalue weighted by Gasteiger charge is 2.05. The third-order valence-corrected chi connectivity index (χ3v) is 3.39. The van der Waals surface area contributed by atoms with Crippen LogP contribution >= 0.6 is 0 Å². The topological polar surface area (TPSA) is 42.7 Å². The van der Waals surface area contributed by atoms with E-state index in [2.05, 4.69) is 45.0 Å². The van der Waals surface area contributed by atoms with E-state index in [4.69, 9.17) is 0 Å². The number of aromatic nitrogens is 3. The first-order chi connectivity index (χ1) is 9.84. The van der Waals surface area contributed by atoms with Gasteiger partial charge in [0.1, 0.15) is 5.82 Å². The summed E-state index contributed by atoms with van der Waals surface area (Å²) in [5, 5.41) is 3.42. The van der Waals surface area contributed by atoms with Crippen LogP contribution in [0.15, 0.2) is 48.7 Å². The maximum atomic E-state index is 4.57. The second-order valence-corrected chi connectivity index (χ2v) is 4.80. The van der Waals surface area contributed by atoms with Crippen molar-refractivity contribution >= 4 is 11.0 Å². The maximum absolute atomic E-state index is 4.57. The molecule has 2 aromatic heterocycles. The van der Waals surface area contributed by atoms with Crippen LogP contribution in [0, 0.1) is 6.92 Å². The molecule has 0 aliphatic heterocycles. The van der Waals surface area contributed by atoms with Crippen molar-refractivity contribution < 1.29 is 0 Å². The zero-order valence-electron chi connectivity index (χ0n) is 11.6. The average molecular weight is 266 g/mol. The Morgan fingerprint density at radius 1 is 1.10 bits per heavy atom. The lowest BCUT2D eigenvalue weighted by Gasteiger charge is -2.08. The predicted molar refractivity (Wildman–Crippen MR) is 80.4 cm³/mol. The molecule has 2 heterocycles. The lowest BCUT2D eigenvalue weighted by atomic mass is 10.3. The summed E-state index contributed by atoms with van der Waals surface area (Å²) in [6.07, 6.45) is 1.82. The highest BCUT2D eigenvalue weighted by atomic mass is 15.1. The standard InChI is InChI=1S/C16H18N4/c1-13-19-15-7-2-3-8-16(15)20(13)11-10-17-12-14-6-4-5-9-18-14/h2-9,17H,10-12H2,1H3. The Hall–Kier alpha value is -2.20. The van der Waals surface area contributed by atoms with Gasteiger partial charge in [0.05, 0.1) is 16.7 Å². The van der Waals surface area contributed by atoms with Crippen LogP contribution in [-0.2, 0) is 13.1 Å². The molecule has 0 spiro atoms. The molecule has 0 aliphatic rings. The minimum absolute atomic E-state index is 0.798. The first-order valence-electron chi connectivity index (χ1n) is 6.87. The molecule has 0 radical (unpaired) electrons. The van der Waals surface area contributed by atoms with E-state index in [0.717, 1.165) is 36.7 Å². The number of rotatable bonds is 5. The highest BCUT2D eigenvalue weighted by Crippen LogP contribution is 2.14. The molecule has 0 fully saturated rings. The second kappa shape index (κ2) is 5.84. The van der Waals surface area contributed by atoms with Crippen molar-refractivity contribution in [1.82, 2.24) is 19.9 Å². The van der Waals surface area contributed by atoms with Gasteiger partial charge in [-0.1, -0.05) is 18.2 Å². The highest BCUT2D eigenvalue weighted by molar-refractivity contribution is 5.75. The van der Waals surface area contributed by atoms with Crippen LogP contribution in [0.5, 0.6) is 0 Å². The molecule has 1 aromatic carbocycles. The molecule has 0 saturated carbocycles. The van der Waals surface area contributed by atoms with Crippen LogP contribution in [0.25, 0.3) is 11.0 Å². The molecular weight excluding hydrogens is 248 g/mol. The van der Waals surface area contributed by atoms with Gasteiger partial charge in [0.15, 0.2) is 0 Å². The summed E-state index contributed by atoms with van der Waals surface area (Å²) in [5.41, 5.74) is 3.33. The van der Waals surface area contributed by atoms with Gasteiger partial charge in [-0.25, -0.2) is 4.98 Å². The Morgan fingerprint density at radius 2 is 1.95 bits per heavy atom. The molecule has 0 saturated heterocycles. The molecule has 0 bridgehead atoms. The maximum Gasteiger partial charge on any atom is 0.106 e. The molecule has 3 rings (SSSR count). The summed E-state index contributed by atoms with van der Waals surface area (Å²) in [4.78, 5) is 8.87. The molecular formula is C16H18N4. The van der Waals surface area contributed by atoms with Crippen molar-refractivity contribution in [2.75, 3.05) is 6.54 Å². The number of aryl methyl sites for hydroxylation is 1. The zero-order valence-corrected chi connectivity index (χ0v) is 11.6. The van der Waals surface area contributed by atoms with Crippen LogP contribution in [0.3, 0.4) is 0 Å². The van der Waals surface area contributed by atoms with Gasteiger partial charge in [-0.3, -0.25) is 4.98 Å². The third kappa shape index (κ3) is 2.70. The number of pyridine rings is 1. The predicted octanol–water partition coefficient (Wildman–Crippen LogP) is 2.53. The van der Waals surface area contributed by atoms with E-state index in [-0.39, 0.29) is 0 Å². The fourth-order valence-electron chi connectivity index (χ4n) is 2.39. The number of para-hydroxylation sites is 2. The quantitative estimate of drug-likeness (QED) is 0.722. The van der Waals surface area contributed by atoms with Crippen molar-refractivity contribution in [1.29, 1.82) is 0 Å². The fraction of sp³-hybridized carbons (Fsp3) is 0.250. The molecule has 1 N–H and O–H groups in total. The van der Waals surface area contributed by atoms with Crippen molar-refractivity contribution in [3.63, 3.8) is 0 Å². The molecule has 102 valence electrons.